The van der Waals surface area contributed by atoms with Gasteiger partial charge in [-0.05, 0) is 48.5 Å². The molecule has 0 unspecified atom stereocenters. The standard InChI is InChI=1S/C52H31F6N5/c53-51(54,55)36-25-26-47-39(27-36)38-23-13-14-24-46(38)63(47)48-40(49-59-42(32-15-5-1-6-16-32)30-43(60-49)33-17-7-2-8-18-33)28-37(52(56,57)58)29-41(48)50-61-44(34-19-9-3-10-20-34)31-45(62-50)35-21-11-4-12-22-35/h1-31H. The summed E-state index contributed by atoms with van der Waals surface area (Å²) >= 11 is 0. The van der Waals surface area contributed by atoms with E-state index in [1.165, 1.54) is 6.07 Å². The van der Waals surface area contributed by atoms with E-state index >= 15 is 13.2 Å². The van der Waals surface area contributed by atoms with Crippen molar-refractivity contribution in [2.24, 2.45) is 0 Å². The zero-order valence-corrected chi connectivity index (χ0v) is 32.9. The topological polar surface area (TPSA) is 56.5 Å². The first-order valence-electron chi connectivity index (χ1n) is 19.9. The molecule has 5 nitrogen and oxygen atoms in total. The van der Waals surface area contributed by atoms with Crippen molar-refractivity contribution >= 4 is 21.8 Å². The predicted octanol–water partition coefficient (Wildman–Crippen LogP) is 14.4. The third-order valence-electron chi connectivity index (χ3n) is 10.9. The van der Waals surface area contributed by atoms with Gasteiger partial charge in [0, 0.05) is 44.2 Å². The van der Waals surface area contributed by atoms with E-state index in [1.807, 2.05) is 121 Å². The van der Waals surface area contributed by atoms with Crippen molar-refractivity contribution in [1.29, 1.82) is 0 Å². The maximum atomic E-state index is 15.5. The van der Waals surface area contributed by atoms with E-state index in [0.29, 0.717) is 61.4 Å². The average molecular weight is 840 g/mol. The quantitative estimate of drug-likeness (QED) is 0.150. The van der Waals surface area contributed by atoms with Gasteiger partial charge in [0.05, 0.1) is 50.6 Å². The Kier molecular flexibility index (Phi) is 9.67. The second-order valence-electron chi connectivity index (χ2n) is 14.9. The molecule has 0 aliphatic carbocycles. The van der Waals surface area contributed by atoms with Crippen LogP contribution in [0.2, 0.25) is 0 Å². The summed E-state index contributed by atoms with van der Waals surface area (Å²) in [6.45, 7) is 0. The molecule has 0 saturated heterocycles. The highest BCUT2D eigenvalue weighted by molar-refractivity contribution is 6.10. The van der Waals surface area contributed by atoms with Gasteiger partial charge in [0.1, 0.15) is 0 Å². The van der Waals surface area contributed by atoms with Crippen LogP contribution in [0.4, 0.5) is 26.3 Å². The van der Waals surface area contributed by atoms with E-state index in [2.05, 4.69) is 0 Å². The number of benzene rings is 7. The highest BCUT2D eigenvalue weighted by Gasteiger charge is 2.36. The number of halogens is 6. The highest BCUT2D eigenvalue weighted by atomic mass is 19.4. The summed E-state index contributed by atoms with van der Waals surface area (Å²) in [7, 11) is 0. The predicted molar refractivity (Wildman–Crippen MR) is 235 cm³/mol. The number of fused-ring (bicyclic) bond motifs is 3. The second kappa shape index (κ2) is 15.5. The molecule has 3 aromatic heterocycles. The van der Waals surface area contributed by atoms with Crippen LogP contribution in [-0.4, -0.2) is 24.5 Å². The summed E-state index contributed by atoms with van der Waals surface area (Å²) in [5.74, 6) is -0.115. The number of nitrogens with zero attached hydrogens (tertiary/aromatic N) is 5. The largest absolute Gasteiger partial charge is 0.416 e. The fourth-order valence-corrected chi connectivity index (χ4v) is 7.93. The van der Waals surface area contributed by atoms with Gasteiger partial charge < -0.3 is 4.57 Å². The molecule has 0 fully saturated rings. The smallest absolute Gasteiger partial charge is 0.308 e. The van der Waals surface area contributed by atoms with Gasteiger partial charge in [0.15, 0.2) is 11.6 Å². The van der Waals surface area contributed by atoms with E-state index in [9.17, 15) is 13.2 Å². The van der Waals surface area contributed by atoms with E-state index in [4.69, 9.17) is 19.9 Å². The molecule has 63 heavy (non-hydrogen) atoms. The van der Waals surface area contributed by atoms with E-state index < -0.39 is 23.5 Å². The lowest BCUT2D eigenvalue weighted by atomic mass is 9.98. The Balaban J connectivity index is 1.39. The van der Waals surface area contributed by atoms with Crippen molar-refractivity contribution in [1.82, 2.24) is 24.5 Å². The molecule has 11 heteroatoms. The molecule has 0 spiro atoms. The molecule has 0 aliphatic heterocycles. The first-order chi connectivity index (χ1) is 30.5. The minimum absolute atomic E-state index is 0.0488. The summed E-state index contributed by atoms with van der Waals surface area (Å²) in [6, 6.07) is 52.6. The molecule has 10 aromatic rings. The van der Waals surface area contributed by atoms with Gasteiger partial charge >= 0.3 is 12.4 Å². The second-order valence-corrected chi connectivity index (χ2v) is 14.9. The fraction of sp³-hybridized carbons (Fsp3) is 0.0385. The number of hydrogen-bond donors (Lipinski definition) is 0. The van der Waals surface area contributed by atoms with Crippen molar-refractivity contribution in [2.75, 3.05) is 0 Å². The lowest BCUT2D eigenvalue weighted by molar-refractivity contribution is -0.138. The molecule has 0 radical (unpaired) electrons. The maximum absolute atomic E-state index is 15.5. The van der Waals surface area contributed by atoms with Crippen LogP contribution in [-0.2, 0) is 12.4 Å². The Morgan fingerprint density at radius 1 is 0.333 bits per heavy atom. The highest BCUT2D eigenvalue weighted by Crippen LogP contribution is 2.46. The van der Waals surface area contributed by atoms with E-state index in [1.54, 1.807) is 41.0 Å². The number of para-hydroxylation sites is 1. The maximum Gasteiger partial charge on any atom is 0.416 e. The van der Waals surface area contributed by atoms with Crippen molar-refractivity contribution in [3.05, 3.63) is 199 Å². The van der Waals surface area contributed by atoms with Crippen LogP contribution in [0.5, 0.6) is 0 Å². The zero-order valence-electron chi connectivity index (χ0n) is 32.9. The minimum atomic E-state index is -4.89. The van der Waals surface area contributed by atoms with E-state index in [-0.39, 0.29) is 33.8 Å². The first kappa shape index (κ1) is 39.2. The lowest BCUT2D eigenvalue weighted by Crippen LogP contribution is -2.11. The molecule has 0 amide bonds. The third-order valence-corrected chi connectivity index (χ3v) is 10.9. The van der Waals surface area contributed by atoms with Crippen LogP contribution >= 0.6 is 0 Å². The van der Waals surface area contributed by atoms with Gasteiger partial charge in [-0.2, -0.15) is 26.3 Å². The molecule has 7 aromatic carbocycles. The van der Waals surface area contributed by atoms with Crippen LogP contribution < -0.4 is 0 Å². The monoisotopic (exact) mass is 839 g/mol. The molecular formula is C52H31F6N5. The summed E-state index contributed by atoms with van der Waals surface area (Å²) in [5, 5.41) is 0.688. The average Bonchev–Trinajstić information content (AvgIpc) is 3.65. The Hall–Kier alpha value is -7.92. The Bertz CT molecular complexity index is 3030. The van der Waals surface area contributed by atoms with Crippen LogP contribution in [0.25, 0.3) is 95.3 Å². The Morgan fingerprint density at radius 2 is 0.698 bits per heavy atom. The normalized spacial score (nSPS) is 12.0. The summed E-state index contributed by atoms with van der Waals surface area (Å²) in [4.78, 5) is 19.9. The Labute approximate surface area is 356 Å². The Morgan fingerprint density at radius 3 is 1.10 bits per heavy atom. The van der Waals surface area contributed by atoms with Crippen molar-refractivity contribution in [3.63, 3.8) is 0 Å². The summed E-state index contributed by atoms with van der Waals surface area (Å²) < 4.78 is 91.2. The van der Waals surface area contributed by atoms with Crippen molar-refractivity contribution in [2.45, 2.75) is 12.4 Å². The third kappa shape index (κ3) is 7.48. The van der Waals surface area contributed by atoms with Crippen molar-refractivity contribution < 1.29 is 26.3 Å². The van der Waals surface area contributed by atoms with Crippen LogP contribution in [0.15, 0.2) is 188 Å². The van der Waals surface area contributed by atoms with Gasteiger partial charge in [-0.15, -0.1) is 0 Å². The molecule has 306 valence electrons. The molecule has 3 heterocycles. The van der Waals surface area contributed by atoms with Gasteiger partial charge in [0.2, 0.25) is 0 Å². The SMILES string of the molecule is FC(F)(F)c1cc(-c2nc(-c3ccccc3)cc(-c3ccccc3)n2)c(-n2c3ccccc3c3cc(C(F)(F)F)ccc32)c(-c2nc(-c3ccccc3)cc(-c3ccccc3)n2)c1. The summed E-state index contributed by atoms with van der Waals surface area (Å²) in [6.07, 6.45) is -9.55. The number of alkyl halides is 6. The molecule has 0 saturated carbocycles. The molecule has 0 aliphatic rings. The van der Waals surface area contributed by atoms with Gasteiger partial charge in [-0.25, -0.2) is 19.9 Å². The number of hydrogen-bond acceptors (Lipinski definition) is 4. The fourth-order valence-electron chi connectivity index (χ4n) is 7.93. The minimum Gasteiger partial charge on any atom is -0.308 e. The number of aromatic nitrogens is 5. The lowest BCUT2D eigenvalue weighted by Gasteiger charge is -2.21. The molecule has 0 N–H and O–H groups in total. The zero-order chi connectivity index (χ0) is 43.3. The molecule has 10 rings (SSSR count). The molecule has 0 atom stereocenters. The van der Waals surface area contributed by atoms with Gasteiger partial charge in [-0.1, -0.05) is 140 Å². The van der Waals surface area contributed by atoms with Gasteiger partial charge in [0.25, 0.3) is 0 Å². The van der Waals surface area contributed by atoms with Crippen LogP contribution in [0.3, 0.4) is 0 Å². The van der Waals surface area contributed by atoms with Crippen molar-refractivity contribution in [3.8, 4) is 73.5 Å². The molecular weight excluding hydrogens is 809 g/mol. The molecule has 0 bridgehead atoms. The van der Waals surface area contributed by atoms with E-state index in [0.717, 1.165) is 24.3 Å². The van der Waals surface area contributed by atoms with Gasteiger partial charge in [-0.3, -0.25) is 0 Å². The number of rotatable bonds is 7. The van der Waals surface area contributed by atoms with Crippen LogP contribution in [0.1, 0.15) is 11.1 Å². The van der Waals surface area contributed by atoms with Crippen LogP contribution in [0, 0.1) is 0 Å². The summed E-state index contributed by atoms with van der Waals surface area (Å²) in [5.41, 5.74) is 3.40. The first-order valence-corrected chi connectivity index (χ1v) is 19.9.